The molecule has 1 aliphatic heterocycles. The Hall–Kier alpha value is -1.76. The van der Waals surface area contributed by atoms with Gasteiger partial charge in [-0.2, -0.15) is 10.2 Å². The van der Waals surface area contributed by atoms with Crippen molar-refractivity contribution < 1.29 is 29.9 Å². The zero-order chi connectivity index (χ0) is 21.5. The first-order valence-corrected chi connectivity index (χ1v) is 10.3. The third kappa shape index (κ3) is 6.86. The first-order chi connectivity index (χ1) is 14.5. The van der Waals surface area contributed by atoms with Gasteiger partial charge < -0.3 is 35.6 Å². The Morgan fingerprint density at radius 2 is 1.48 bits per heavy atom. The van der Waals surface area contributed by atoms with Crippen molar-refractivity contribution in [1.29, 1.82) is 0 Å². The van der Waals surface area contributed by atoms with Crippen molar-refractivity contribution in [3.8, 4) is 5.75 Å². The summed E-state index contributed by atoms with van der Waals surface area (Å²) in [6, 6.07) is 14.3. The fourth-order valence-corrected chi connectivity index (χ4v) is 3.85. The number of hydrogen-bond donors (Lipinski definition) is 5. The van der Waals surface area contributed by atoms with E-state index in [-0.39, 0.29) is 12.4 Å². The number of benzene rings is 2. The summed E-state index contributed by atoms with van der Waals surface area (Å²) in [5.74, 6) is 0.717. The number of halogens is 1. The predicted molar refractivity (Wildman–Crippen MR) is 118 cm³/mol. The summed E-state index contributed by atoms with van der Waals surface area (Å²) < 4.78 is 10.9. The van der Waals surface area contributed by atoms with Gasteiger partial charge in [-0.3, -0.25) is 0 Å². The molecule has 1 heterocycles. The second-order valence-corrected chi connectivity index (χ2v) is 7.81. The van der Waals surface area contributed by atoms with Crippen molar-refractivity contribution >= 4 is 35.5 Å². The van der Waals surface area contributed by atoms with Crippen molar-refractivity contribution in [2.45, 2.75) is 34.7 Å². The van der Waals surface area contributed by atoms with E-state index in [2.05, 4.69) is 10.2 Å². The molecule has 0 bridgehead atoms. The number of azo groups is 1. The number of nitrogens with two attached hydrogens (primary N) is 1. The molecule has 5 atom stereocenters. The van der Waals surface area contributed by atoms with Crippen LogP contribution in [-0.4, -0.2) is 70.0 Å². The zero-order valence-electron chi connectivity index (χ0n) is 16.5. The average molecular weight is 472 g/mol. The lowest BCUT2D eigenvalue weighted by Crippen LogP contribution is -2.57. The number of ether oxygens (including phenoxy) is 2. The normalized spacial score (nSPS) is 25.9. The van der Waals surface area contributed by atoms with E-state index in [4.69, 9.17) is 15.2 Å². The van der Waals surface area contributed by atoms with Crippen molar-refractivity contribution in [3.63, 3.8) is 0 Å². The molecule has 9 nitrogen and oxygen atoms in total. The lowest BCUT2D eigenvalue weighted by Gasteiger charge is -2.39. The van der Waals surface area contributed by atoms with E-state index < -0.39 is 36.5 Å². The molecule has 0 aromatic heterocycles. The van der Waals surface area contributed by atoms with Crippen LogP contribution < -0.4 is 10.5 Å². The molecule has 0 amide bonds. The molecule has 31 heavy (non-hydrogen) atoms. The summed E-state index contributed by atoms with van der Waals surface area (Å²) in [4.78, 5) is 0.764. The minimum absolute atomic E-state index is 0. The largest absolute Gasteiger partial charge is 0.492 e. The van der Waals surface area contributed by atoms with Crippen LogP contribution in [0.4, 0.5) is 11.4 Å². The highest BCUT2D eigenvalue weighted by molar-refractivity contribution is 7.99. The van der Waals surface area contributed by atoms with Gasteiger partial charge in [0.1, 0.15) is 42.2 Å². The molecule has 0 spiro atoms. The lowest BCUT2D eigenvalue weighted by molar-refractivity contribution is -0.205. The predicted octanol–water partition coefficient (Wildman–Crippen LogP) is 1.75. The van der Waals surface area contributed by atoms with Gasteiger partial charge >= 0.3 is 0 Å². The maximum atomic E-state index is 10.1. The number of rotatable bonds is 8. The van der Waals surface area contributed by atoms with Gasteiger partial charge in [0.05, 0.1) is 18.0 Å². The molecular formula is C20H26ClN3O6S. The first-order valence-electron chi connectivity index (χ1n) is 9.43. The van der Waals surface area contributed by atoms with E-state index in [9.17, 15) is 20.4 Å². The Balaban J connectivity index is 0.00000341. The van der Waals surface area contributed by atoms with Crippen LogP contribution in [0, 0.1) is 0 Å². The van der Waals surface area contributed by atoms with Crippen LogP contribution in [0.1, 0.15) is 0 Å². The molecule has 11 heteroatoms. The SMILES string of the molecule is Cl.NCCOc1ccc(N=Nc2ccc(S[C@@H]3O[C@H](CO)[C@H](O)[C@H](O)[C@H]3O)cc2)cc1. The molecule has 1 fully saturated rings. The van der Waals surface area contributed by atoms with Crippen LogP contribution in [0.3, 0.4) is 0 Å². The first kappa shape index (κ1) is 25.5. The summed E-state index contributed by atoms with van der Waals surface area (Å²) in [6.07, 6.45) is -4.98. The highest BCUT2D eigenvalue weighted by Gasteiger charge is 2.43. The van der Waals surface area contributed by atoms with Gasteiger partial charge in [-0.15, -0.1) is 12.4 Å². The van der Waals surface area contributed by atoms with E-state index in [0.717, 1.165) is 4.90 Å². The second kappa shape index (κ2) is 12.3. The van der Waals surface area contributed by atoms with E-state index in [0.29, 0.717) is 30.3 Å². The lowest BCUT2D eigenvalue weighted by atomic mass is 10.0. The van der Waals surface area contributed by atoms with Crippen molar-refractivity contribution in [2.24, 2.45) is 16.0 Å². The number of aliphatic hydroxyl groups is 4. The Kier molecular flexibility index (Phi) is 10.1. The number of nitrogens with zero attached hydrogens (tertiary/aromatic N) is 2. The molecule has 1 aliphatic rings. The Bertz CT molecular complexity index is 825. The standard InChI is InChI=1S/C20H25N3O6S.ClH/c21-9-10-28-14-5-1-12(2-6-14)22-23-13-3-7-15(8-4-13)30-20-19(27)18(26)17(25)16(11-24)29-20;/h1-8,16-20,24-27H,9-11,21H2;1H/t16-,17+,18+,19-,20+;/m1./s1. The van der Waals surface area contributed by atoms with Crippen molar-refractivity contribution in [3.05, 3.63) is 48.5 Å². The quantitative estimate of drug-likeness (QED) is 0.365. The van der Waals surface area contributed by atoms with E-state index in [1.165, 1.54) is 11.8 Å². The highest BCUT2D eigenvalue weighted by Crippen LogP contribution is 2.34. The molecule has 2 aromatic rings. The molecule has 2 aromatic carbocycles. The van der Waals surface area contributed by atoms with Gasteiger partial charge in [0, 0.05) is 11.4 Å². The van der Waals surface area contributed by atoms with Crippen LogP contribution in [0.25, 0.3) is 0 Å². The summed E-state index contributed by atoms with van der Waals surface area (Å²) in [5.41, 5.74) is 5.89. The van der Waals surface area contributed by atoms with Gasteiger partial charge in [0.15, 0.2) is 0 Å². The number of hydrogen-bond acceptors (Lipinski definition) is 10. The smallest absolute Gasteiger partial charge is 0.136 e. The Morgan fingerprint density at radius 3 is 2.03 bits per heavy atom. The highest BCUT2D eigenvalue weighted by atomic mass is 35.5. The number of aliphatic hydroxyl groups excluding tert-OH is 4. The maximum Gasteiger partial charge on any atom is 0.136 e. The van der Waals surface area contributed by atoms with Gasteiger partial charge in [0.25, 0.3) is 0 Å². The third-order valence-corrected chi connectivity index (χ3v) is 5.61. The summed E-state index contributed by atoms with van der Waals surface area (Å²) in [6.45, 7) is 0.446. The fourth-order valence-electron chi connectivity index (χ4n) is 2.79. The summed E-state index contributed by atoms with van der Waals surface area (Å²) in [7, 11) is 0. The molecule has 3 rings (SSSR count). The molecular weight excluding hydrogens is 446 g/mol. The van der Waals surface area contributed by atoms with Crippen LogP contribution in [0.5, 0.6) is 5.75 Å². The van der Waals surface area contributed by atoms with Gasteiger partial charge in [0.2, 0.25) is 0 Å². The average Bonchev–Trinajstić information content (AvgIpc) is 2.78. The third-order valence-electron chi connectivity index (χ3n) is 4.44. The molecule has 6 N–H and O–H groups in total. The van der Waals surface area contributed by atoms with E-state index >= 15 is 0 Å². The van der Waals surface area contributed by atoms with Crippen LogP contribution >= 0.6 is 24.2 Å². The second-order valence-electron chi connectivity index (χ2n) is 6.64. The summed E-state index contributed by atoms with van der Waals surface area (Å²) in [5, 5.41) is 47.5. The maximum absolute atomic E-state index is 10.1. The minimum Gasteiger partial charge on any atom is -0.492 e. The van der Waals surface area contributed by atoms with Gasteiger partial charge in [-0.05, 0) is 48.5 Å². The van der Waals surface area contributed by atoms with E-state index in [1.54, 1.807) is 48.5 Å². The molecule has 170 valence electrons. The topological polar surface area (TPSA) is 150 Å². The van der Waals surface area contributed by atoms with Gasteiger partial charge in [-0.25, -0.2) is 0 Å². The molecule has 0 unspecified atom stereocenters. The summed E-state index contributed by atoms with van der Waals surface area (Å²) >= 11 is 1.18. The zero-order valence-corrected chi connectivity index (χ0v) is 18.2. The van der Waals surface area contributed by atoms with E-state index in [1.807, 2.05) is 0 Å². The molecule has 1 saturated heterocycles. The van der Waals surface area contributed by atoms with Crippen molar-refractivity contribution in [1.82, 2.24) is 0 Å². The van der Waals surface area contributed by atoms with Crippen LogP contribution in [0.2, 0.25) is 0 Å². The fraction of sp³-hybridized carbons (Fsp3) is 0.400. The van der Waals surface area contributed by atoms with Crippen LogP contribution in [0.15, 0.2) is 63.7 Å². The Morgan fingerprint density at radius 1 is 0.903 bits per heavy atom. The van der Waals surface area contributed by atoms with Gasteiger partial charge in [-0.1, -0.05) is 11.8 Å². The Labute approximate surface area is 190 Å². The van der Waals surface area contributed by atoms with Crippen LogP contribution in [-0.2, 0) is 4.74 Å². The monoisotopic (exact) mass is 471 g/mol. The minimum atomic E-state index is -1.39. The molecule has 0 aliphatic carbocycles. The number of thioether (sulfide) groups is 1. The van der Waals surface area contributed by atoms with Crippen molar-refractivity contribution in [2.75, 3.05) is 19.8 Å². The molecule has 0 radical (unpaired) electrons. The molecule has 0 saturated carbocycles.